The van der Waals surface area contributed by atoms with E-state index < -0.39 is 18.2 Å². The monoisotopic (exact) mass is 240 g/mol. The lowest BCUT2D eigenvalue weighted by atomic mass is 9.71. The number of carboxylic acids is 1. The first kappa shape index (κ1) is 12.6. The Labute approximate surface area is 101 Å². The molecule has 0 aliphatic heterocycles. The Hall–Kier alpha value is -0.870. The maximum absolute atomic E-state index is 10.8. The molecule has 0 radical (unpaired) electrons. The number of aliphatic carboxylic acids is 1. The van der Waals surface area contributed by atoms with E-state index in [-0.39, 0.29) is 17.8 Å². The van der Waals surface area contributed by atoms with Crippen molar-refractivity contribution in [2.75, 3.05) is 0 Å². The zero-order valence-corrected chi connectivity index (χ0v) is 10.3. The summed E-state index contributed by atoms with van der Waals surface area (Å²) in [6.45, 7) is 4.11. The molecule has 0 bridgehead atoms. The van der Waals surface area contributed by atoms with Gasteiger partial charge >= 0.3 is 5.97 Å². The molecule has 3 unspecified atom stereocenters. The summed E-state index contributed by atoms with van der Waals surface area (Å²) in [5.74, 6) is -1.16. The Balaban J connectivity index is 2.28. The van der Waals surface area contributed by atoms with Gasteiger partial charge in [0.1, 0.15) is 0 Å². The van der Waals surface area contributed by atoms with E-state index in [1.807, 2.05) is 0 Å². The van der Waals surface area contributed by atoms with Crippen LogP contribution in [0.4, 0.5) is 0 Å². The fourth-order valence-electron chi connectivity index (χ4n) is 3.29. The molecular weight excluding hydrogens is 220 g/mol. The van der Waals surface area contributed by atoms with Crippen molar-refractivity contribution in [3.63, 3.8) is 0 Å². The maximum atomic E-state index is 10.8. The third kappa shape index (κ3) is 2.11. The van der Waals surface area contributed by atoms with Gasteiger partial charge in [-0.1, -0.05) is 13.8 Å². The fraction of sp³-hybridized carbons (Fsp3) is 0.769. The van der Waals surface area contributed by atoms with E-state index >= 15 is 0 Å². The number of hydrogen-bond donors (Lipinski definition) is 3. The van der Waals surface area contributed by atoms with Crippen LogP contribution in [-0.4, -0.2) is 33.5 Å². The molecule has 0 amide bonds. The lowest BCUT2D eigenvalue weighted by Gasteiger charge is -2.36. The molecular formula is C13H20O4. The second-order valence-corrected chi connectivity index (χ2v) is 5.88. The average molecular weight is 240 g/mol. The quantitative estimate of drug-likeness (QED) is 0.636. The highest BCUT2D eigenvalue weighted by Crippen LogP contribution is 2.50. The van der Waals surface area contributed by atoms with Crippen LogP contribution < -0.4 is 0 Å². The maximum Gasteiger partial charge on any atom is 0.303 e. The SMILES string of the molecule is CC1(C)CCC(O)C2=C1C(O)C(CC(=O)O)C2. The number of carboxylic acid groups (broad SMARTS) is 1. The predicted molar refractivity (Wildman–Crippen MR) is 62.4 cm³/mol. The lowest BCUT2D eigenvalue weighted by molar-refractivity contribution is -0.138. The molecule has 2 aliphatic rings. The Morgan fingerprint density at radius 2 is 2.06 bits per heavy atom. The van der Waals surface area contributed by atoms with Crippen molar-refractivity contribution in [1.29, 1.82) is 0 Å². The van der Waals surface area contributed by atoms with Gasteiger partial charge in [-0.2, -0.15) is 0 Å². The lowest BCUT2D eigenvalue weighted by Crippen LogP contribution is -2.32. The minimum atomic E-state index is -0.888. The van der Waals surface area contributed by atoms with Crippen LogP contribution >= 0.6 is 0 Å². The van der Waals surface area contributed by atoms with Crippen LogP contribution in [0, 0.1) is 11.3 Å². The Morgan fingerprint density at radius 3 is 2.59 bits per heavy atom. The Morgan fingerprint density at radius 1 is 1.41 bits per heavy atom. The predicted octanol–water partition coefficient (Wildman–Crippen LogP) is 1.32. The van der Waals surface area contributed by atoms with Gasteiger partial charge < -0.3 is 15.3 Å². The van der Waals surface area contributed by atoms with Gasteiger partial charge in [0.25, 0.3) is 0 Å². The molecule has 0 fully saturated rings. The second-order valence-electron chi connectivity index (χ2n) is 5.88. The van der Waals surface area contributed by atoms with Gasteiger partial charge in [-0.15, -0.1) is 0 Å². The highest BCUT2D eigenvalue weighted by atomic mass is 16.4. The molecule has 96 valence electrons. The highest BCUT2D eigenvalue weighted by molar-refractivity contribution is 5.67. The van der Waals surface area contributed by atoms with Gasteiger partial charge in [0.2, 0.25) is 0 Å². The summed E-state index contributed by atoms with van der Waals surface area (Å²) < 4.78 is 0. The van der Waals surface area contributed by atoms with Crippen LogP contribution in [-0.2, 0) is 4.79 Å². The van der Waals surface area contributed by atoms with Gasteiger partial charge in [-0.3, -0.25) is 4.79 Å². The number of aliphatic hydroxyl groups is 2. The zero-order chi connectivity index (χ0) is 12.8. The zero-order valence-electron chi connectivity index (χ0n) is 10.3. The van der Waals surface area contributed by atoms with E-state index in [0.29, 0.717) is 12.8 Å². The van der Waals surface area contributed by atoms with E-state index in [4.69, 9.17) is 5.11 Å². The molecule has 3 N–H and O–H groups in total. The van der Waals surface area contributed by atoms with E-state index in [2.05, 4.69) is 13.8 Å². The van der Waals surface area contributed by atoms with Crippen LogP contribution in [0.5, 0.6) is 0 Å². The molecule has 0 saturated carbocycles. The molecule has 0 aromatic heterocycles. The molecule has 0 aromatic carbocycles. The molecule has 2 rings (SSSR count). The molecule has 0 heterocycles. The van der Waals surface area contributed by atoms with Gasteiger partial charge in [-0.05, 0) is 35.8 Å². The van der Waals surface area contributed by atoms with Crippen LogP contribution in [0.15, 0.2) is 11.1 Å². The third-order valence-corrected chi connectivity index (χ3v) is 4.18. The largest absolute Gasteiger partial charge is 0.481 e. The Bertz CT molecular complexity index is 370. The van der Waals surface area contributed by atoms with Crippen molar-refractivity contribution in [2.45, 2.75) is 51.7 Å². The standard InChI is InChI=1S/C13H20O4/c1-13(2)4-3-9(14)8-5-7(6-10(15)16)12(17)11(8)13/h7,9,12,14,17H,3-6H2,1-2H3,(H,15,16). The Kier molecular flexibility index (Phi) is 3.04. The summed E-state index contributed by atoms with van der Waals surface area (Å²) >= 11 is 0. The van der Waals surface area contributed by atoms with Crippen LogP contribution in [0.3, 0.4) is 0 Å². The van der Waals surface area contributed by atoms with Crippen LogP contribution in [0.2, 0.25) is 0 Å². The first-order chi connectivity index (χ1) is 7.83. The van der Waals surface area contributed by atoms with Gasteiger partial charge in [-0.25, -0.2) is 0 Å². The molecule has 2 aliphatic carbocycles. The number of rotatable bonds is 2. The van der Waals surface area contributed by atoms with Gasteiger partial charge in [0.05, 0.1) is 18.6 Å². The molecule has 3 atom stereocenters. The van der Waals surface area contributed by atoms with Crippen LogP contribution in [0.25, 0.3) is 0 Å². The minimum absolute atomic E-state index is 0.0308. The summed E-state index contributed by atoms with van der Waals surface area (Å²) in [6, 6.07) is 0. The van der Waals surface area contributed by atoms with E-state index in [1.54, 1.807) is 0 Å². The fourth-order valence-corrected chi connectivity index (χ4v) is 3.29. The number of aliphatic hydroxyl groups excluding tert-OH is 2. The third-order valence-electron chi connectivity index (χ3n) is 4.18. The summed E-state index contributed by atoms with van der Waals surface area (Å²) in [7, 11) is 0. The summed E-state index contributed by atoms with van der Waals surface area (Å²) in [5, 5.41) is 29.0. The molecule has 0 saturated heterocycles. The second kappa shape index (κ2) is 4.10. The van der Waals surface area contributed by atoms with E-state index in [1.165, 1.54) is 0 Å². The average Bonchev–Trinajstić information content (AvgIpc) is 2.52. The molecule has 4 heteroatoms. The molecule has 0 aromatic rings. The summed E-state index contributed by atoms with van der Waals surface area (Å²) in [5.41, 5.74) is 1.66. The smallest absolute Gasteiger partial charge is 0.303 e. The van der Waals surface area contributed by atoms with Crippen molar-refractivity contribution < 1.29 is 20.1 Å². The van der Waals surface area contributed by atoms with Gasteiger partial charge in [0.15, 0.2) is 0 Å². The number of hydrogen-bond acceptors (Lipinski definition) is 3. The first-order valence-electron chi connectivity index (χ1n) is 6.14. The first-order valence-corrected chi connectivity index (χ1v) is 6.14. The highest BCUT2D eigenvalue weighted by Gasteiger charge is 2.45. The van der Waals surface area contributed by atoms with Crippen LogP contribution in [0.1, 0.15) is 39.5 Å². The van der Waals surface area contributed by atoms with Crippen molar-refractivity contribution in [2.24, 2.45) is 11.3 Å². The minimum Gasteiger partial charge on any atom is -0.481 e. The summed E-state index contributed by atoms with van der Waals surface area (Å²) in [4.78, 5) is 10.8. The van der Waals surface area contributed by atoms with Gasteiger partial charge in [0, 0.05) is 5.92 Å². The van der Waals surface area contributed by atoms with Crippen molar-refractivity contribution in [1.82, 2.24) is 0 Å². The topological polar surface area (TPSA) is 77.8 Å². The van der Waals surface area contributed by atoms with Crippen molar-refractivity contribution in [3.8, 4) is 0 Å². The van der Waals surface area contributed by atoms with Crippen molar-refractivity contribution >= 4 is 5.97 Å². The molecule has 4 nitrogen and oxygen atoms in total. The molecule has 0 spiro atoms. The van der Waals surface area contributed by atoms with E-state index in [9.17, 15) is 15.0 Å². The van der Waals surface area contributed by atoms with Crippen molar-refractivity contribution in [3.05, 3.63) is 11.1 Å². The number of carbonyl (C=O) groups is 1. The summed E-state index contributed by atoms with van der Waals surface area (Å²) in [6.07, 6.45) is 0.838. The molecule has 17 heavy (non-hydrogen) atoms. The normalized spacial score (nSPS) is 35.9. The van der Waals surface area contributed by atoms with E-state index in [0.717, 1.165) is 17.6 Å².